The molecule has 0 bridgehead atoms. The molecule has 27 heavy (non-hydrogen) atoms. The van der Waals surface area contributed by atoms with Gasteiger partial charge in [0.2, 0.25) is 11.4 Å². The number of aromatic nitrogens is 2. The second kappa shape index (κ2) is 5.92. The highest BCUT2D eigenvalue weighted by atomic mass is 16.3. The molecule has 5 aromatic rings. The van der Waals surface area contributed by atoms with E-state index in [1.165, 1.54) is 22.2 Å². The molecule has 0 spiro atoms. The van der Waals surface area contributed by atoms with E-state index in [0.29, 0.717) is 5.71 Å². The van der Waals surface area contributed by atoms with Crippen molar-refractivity contribution in [3.05, 3.63) is 72.1 Å². The van der Waals surface area contributed by atoms with Gasteiger partial charge in [0.25, 0.3) is 0 Å². The Kier molecular flexibility index (Phi) is 3.51. The summed E-state index contributed by atoms with van der Waals surface area (Å²) in [6.07, 6.45) is 5.03. The summed E-state index contributed by atoms with van der Waals surface area (Å²) in [5.74, 6) is 0. The third-order valence-corrected chi connectivity index (χ3v) is 5.48. The van der Waals surface area contributed by atoms with Gasteiger partial charge in [0, 0.05) is 29.1 Å². The lowest BCUT2D eigenvalue weighted by Crippen LogP contribution is -2.30. The van der Waals surface area contributed by atoms with E-state index >= 15 is 0 Å². The van der Waals surface area contributed by atoms with Gasteiger partial charge in [-0.1, -0.05) is 43.3 Å². The summed E-state index contributed by atoms with van der Waals surface area (Å²) in [6.45, 7) is 4.33. The van der Waals surface area contributed by atoms with E-state index in [0.717, 1.165) is 33.7 Å². The first-order chi connectivity index (χ1) is 13.2. The maximum Gasteiger partial charge on any atom is 0.227 e. The molecule has 3 heterocycles. The Morgan fingerprint density at radius 2 is 1.89 bits per heavy atom. The Bertz CT molecular complexity index is 1330. The molecule has 0 aliphatic rings. The maximum absolute atomic E-state index is 6.33. The highest BCUT2D eigenvalue weighted by Gasteiger charge is 2.22. The minimum atomic E-state index is 0.699. The molecule has 2 aromatic carbocycles. The van der Waals surface area contributed by atoms with Gasteiger partial charge < -0.3 is 4.42 Å². The summed E-state index contributed by atoms with van der Waals surface area (Å²) in [7, 11) is 2.09. The molecule has 3 aromatic heterocycles. The number of nitrogens with zero attached hydrogens (tertiary/aromatic N) is 2. The van der Waals surface area contributed by atoms with Crippen LogP contribution in [0.25, 0.3) is 44.1 Å². The van der Waals surface area contributed by atoms with Crippen molar-refractivity contribution in [1.29, 1.82) is 0 Å². The molecular formula is C24H21N2O+. The molecular weight excluding hydrogens is 332 g/mol. The number of hydrogen-bond acceptors (Lipinski definition) is 2. The first-order valence-corrected chi connectivity index (χ1v) is 9.36. The van der Waals surface area contributed by atoms with E-state index in [1.807, 2.05) is 12.3 Å². The molecule has 3 nitrogen and oxygen atoms in total. The smallest absolute Gasteiger partial charge is 0.227 e. The largest absolute Gasteiger partial charge is 0.437 e. The van der Waals surface area contributed by atoms with Gasteiger partial charge in [0.15, 0.2) is 11.8 Å². The summed E-state index contributed by atoms with van der Waals surface area (Å²) < 4.78 is 8.50. The predicted molar refractivity (Wildman–Crippen MR) is 110 cm³/mol. The summed E-state index contributed by atoms with van der Waals surface area (Å²) in [4.78, 5) is 4.59. The summed E-state index contributed by atoms with van der Waals surface area (Å²) >= 11 is 0. The molecule has 0 aliphatic carbocycles. The van der Waals surface area contributed by atoms with Crippen LogP contribution in [0.2, 0.25) is 0 Å². The Balaban J connectivity index is 1.94. The monoisotopic (exact) mass is 353 g/mol. The third kappa shape index (κ3) is 2.35. The molecule has 0 fully saturated rings. The molecule has 132 valence electrons. The van der Waals surface area contributed by atoms with Gasteiger partial charge in [0.1, 0.15) is 7.05 Å². The minimum absolute atomic E-state index is 0.699. The Morgan fingerprint density at radius 1 is 1.04 bits per heavy atom. The van der Waals surface area contributed by atoms with Crippen molar-refractivity contribution < 1.29 is 8.98 Å². The lowest BCUT2D eigenvalue weighted by Gasteiger charge is -2.07. The average molecular weight is 353 g/mol. The first-order valence-electron chi connectivity index (χ1n) is 9.36. The van der Waals surface area contributed by atoms with E-state index in [9.17, 15) is 0 Å². The molecule has 0 radical (unpaired) electrons. The fourth-order valence-corrected chi connectivity index (χ4v) is 3.96. The van der Waals surface area contributed by atoms with E-state index in [4.69, 9.17) is 4.42 Å². The van der Waals surface area contributed by atoms with Gasteiger partial charge in [-0.15, -0.1) is 0 Å². The van der Waals surface area contributed by atoms with Crippen LogP contribution >= 0.6 is 0 Å². The van der Waals surface area contributed by atoms with E-state index in [-0.39, 0.29) is 0 Å². The average Bonchev–Trinajstić information content (AvgIpc) is 3.08. The molecule has 0 aliphatic heterocycles. The topological polar surface area (TPSA) is 29.9 Å². The number of furan rings is 1. The molecule has 5 rings (SSSR count). The Hall–Kier alpha value is -3.20. The van der Waals surface area contributed by atoms with Crippen molar-refractivity contribution in [3.63, 3.8) is 0 Å². The van der Waals surface area contributed by atoms with Gasteiger partial charge >= 0.3 is 0 Å². The van der Waals surface area contributed by atoms with Crippen molar-refractivity contribution in [3.8, 4) is 11.3 Å². The van der Waals surface area contributed by atoms with Crippen LogP contribution in [0, 0.1) is 6.92 Å². The number of fused-ring (bicyclic) bond motifs is 5. The third-order valence-electron chi connectivity index (χ3n) is 5.48. The van der Waals surface area contributed by atoms with Crippen LogP contribution in [-0.4, -0.2) is 4.98 Å². The number of hydrogen-bond donors (Lipinski definition) is 0. The fraction of sp³-hybridized carbons (Fsp3) is 0.167. The van der Waals surface area contributed by atoms with Crippen LogP contribution < -0.4 is 4.57 Å². The molecule has 0 atom stereocenters. The van der Waals surface area contributed by atoms with Crippen LogP contribution in [0.5, 0.6) is 0 Å². The van der Waals surface area contributed by atoms with Gasteiger partial charge in [0.05, 0.1) is 10.9 Å². The molecule has 0 saturated carbocycles. The normalized spacial score (nSPS) is 11.7. The van der Waals surface area contributed by atoms with E-state index in [1.54, 1.807) is 0 Å². The standard InChI is InChI=1S/C24H21N2O/c1-4-16-11-12-26(3)20(13-16)21-15(2)9-10-19-22-18-8-6-5-7-17(18)14-25-24(22)27-23(19)21/h5-14H,4H2,1-3H3/q+1. The summed E-state index contributed by atoms with van der Waals surface area (Å²) in [5.41, 5.74) is 6.45. The molecule has 3 heteroatoms. The molecule has 0 N–H and O–H groups in total. The second-order valence-electron chi connectivity index (χ2n) is 7.15. The van der Waals surface area contributed by atoms with Crippen LogP contribution in [0.1, 0.15) is 18.1 Å². The molecule has 0 amide bonds. The minimum Gasteiger partial charge on any atom is -0.437 e. The van der Waals surface area contributed by atoms with Crippen molar-refractivity contribution in [2.45, 2.75) is 20.3 Å². The highest BCUT2D eigenvalue weighted by Crippen LogP contribution is 2.39. The zero-order valence-electron chi connectivity index (χ0n) is 15.8. The van der Waals surface area contributed by atoms with Crippen molar-refractivity contribution in [1.82, 2.24) is 4.98 Å². The summed E-state index contributed by atoms with van der Waals surface area (Å²) in [5, 5.41) is 4.53. The Labute approximate surface area is 157 Å². The summed E-state index contributed by atoms with van der Waals surface area (Å²) in [6, 6.07) is 17.1. The van der Waals surface area contributed by atoms with Gasteiger partial charge in [-0.25, -0.2) is 9.55 Å². The van der Waals surface area contributed by atoms with E-state index < -0.39 is 0 Å². The van der Waals surface area contributed by atoms with Crippen LogP contribution in [0.4, 0.5) is 0 Å². The second-order valence-corrected chi connectivity index (χ2v) is 7.15. The highest BCUT2D eigenvalue weighted by molar-refractivity contribution is 6.19. The lowest BCUT2D eigenvalue weighted by molar-refractivity contribution is -0.660. The van der Waals surface area contributed by atoms with Crippen LogP contribution in [0.15, 0.2) is 65.3 Å². The van der Waals surface area contributed by atoms with Gasteiger partial charge in [-0.05, 0) is 29.9 Å². The molecule has 0 saturated heterocycles. The zero-order chi connectivity index (χ0) is 18.5. The lowest BCUT2D eigenvalue weighted by atomic mass is 9.98. The fourth-order valence-electron chi connectivity index (χ4n) is 3.96. The van der Waals surface area contributed by atoms with Crippen LogP contribution in [0.3, 0.4) is 0 Å². The van der Waals surface area contributed by atoms with Gasteiger partial charge in [-0.3, -0.25) is 0 Å². The van der Waals surface area contributed by atoms with Crippen molar-refractivity contribution >= 4 is 32.8 Å². The van der Waals surface area contributed by atoms with Gasteiger partial charge in [-0.2, -0.15) is 0 Å². The van der Waals surface area contributed by atoms with Crippen molar-refractivity contribution in [2.24, 2.45) is 7.05 Å². The zero-order valence-corrected chi connectivity index (χ0v) is 15.8. The quantitative estimate of drug-likeness (QED) is 0.392. The number of rotatable bonds is 2. The first kappa shape index (κ1) is 16.0. The van der Waals surface area contributed by atoms with E-state index in [2.05, 4.69) is 79.1 Å². The van der Waals surface area contributed by atoms with Crippen molar-refractivity contribution in [2.75, 3.05) is 0 Å². The SMILES string of the molecule is CCc1cc[n+](C)c(-c2c(C)ccc3c2oc2ncc4ccccc4c23)c1. The predicted octanol–water partition coefficient (Wildman–Crippen LogP) is 5.50. The number of pyridine rings is 2. The van der Waals surface area contributed by atoms with Crippen LogP contribution in [-0.2, 0) is 13.5 Å². The maximum atomic E-state index is 6.33. The number of benzene rings is 2. The number of aryl methyl sites for hydroxylation is 3. The molecule has 0 unspecified atom stereocenters. The Morgan fingerprint density at radius 3 is 2.74 bits per heavy atom.